The molecule has 0 unspecified atom stereocenters. The van der Waals surface area contributed by atoms with Gasteiger partial charge in [-0.3, -0.25) is 24.0 Å². The lowest BCUT2D eigenvalue weighted by molar-refractivity contribution is -0.310. The van der Waals surface area contributed by atoms with Crippen molar-refractivity contribution in [1.82, 2.24) is 5.32 Å². The van der Waals surface area contributed by atoms with Crippen LogP contribution in [0.5, 0.6) is 0 Å². The van der Waals surface area contributed by atoms with Crippen LogP contribution in [0.4, 0.5) is 0 Å². The van der Waals surface area contributed by atoms with Gasteiger partial charge in [0.05, 0.1) is 39.1 Å². The molecule has 100 heavy (non-hydrogen) atoms. The number of esters is 4. The summed E-state index contributed by atoms with van der Waals surface area (Å²) in [4.78, 5) is 67.2. The molecule has 10 atom stereocenters. The molecule has 0 spiro atoms. The number of allylic oxidation sites excluding steroid dienone is 3. The van der Waals surface area contributed by atoms with Crippen LogP contribution in [0.15, 0.2) is 146 Å². The van der Waals surface area contributed by atoms with Crippen molar-refractivity contribution >= 4 is 29.8 Å². The lowest BCUT2D eigenvalue weighted by Gasteiger charge is -2.44. The largest absolute Gasteiger partial charge is 0.463 e. The molecule has 1 fully saturated rings. The van der Waals surface area contributed by atoms with Gasteiger partial charge in [0, 0.05) is 27.7 Å². The van der Waals surface area contributed by atoms with Crippen LogP contribution in [0.2, 0.25) is 0 Å². The van der Waals surface area contributed by atoms with Crippen LogP contribution in [0.25, 0.3) is 0 Å². The van der Waals surface area contributed by atoms with Crippen molar-refractivity contribution in [2.75, 3.05) is 13.2 Å². The minimum absolute atomic E-state index is 0.0562. The van der Waals surface area contributed by atoms with Gasteiger partial charge in [-0.2, -0.15) is 0 Å². The first-order chi connectivity index (χ1) is 48.8. The molecule has 0 aliphatic carbocycles. The Labute approximate surface area is 600 Å². The zero-order chi connectivity index (χ0) is 71.5. The van der Waals surface area contributed by atoms with E-state index in [-0.39, 0.29) is 26.4 Å². The second-order valence-electron chi connectivity index (χ2n) is 26.8. The smallest absolute Gasteiger partial charge is 0.303 e. The average Bonchev–Trinajstić information content (AvgIpc) is 0.786. The highest BCUT2D eigenvalue weighted by molar-refractivity contribution is 5.81. The molecule has 1 aliphatic heterocycles. The Morgan fingerprint density at radius 2 is 0.800 bits per heavy atom. The van der Waals surface area contributed by atoms with Crippen LogP contribution in [0.3, 0.4) is 0 Å². The van der Waals surface area contributed by atoms with Gasteiger partial charge in [0.1, 0.15) is 37.1 Å². The van der Waals surface area contributed by atoms with Crippen LogP contribution in [0.1, 0.15) is 250 Å². The first kappa shape index (κ1) is 84.1. The standard InChI is InChI=1S/C84H123NO15/c1-7-9-11-13-15-17-19-20-21-22-23-24-25-26-27-29-31-33-35-49-59-76(93-61-71-52-42-37-43-53-71)83(90)85-74(64-96-84-82(99-69(6)89)81(98-68(5)88)80(97-67(4)87)77(100-84)65-91-66(3)86)78(94-62-72-54-44-38-45-55-72)79(95-63-73-56-46-39-47-57-73)75(92-60-70-50-40-36-41-51-70)58-48-34-32-30-28-18-16-14-12-10-8-2/h20-21,36-48,50-58,74-82,84H,7-19,22-35,49,59-65H2,1-6H3,(H,85,90)/b21-20-,58-48-/t74-,75+,76+,77+,78-,79+,80+,81-,82+,84+/m0/s1. The maximum Gasteiger partial charge on any atom is 0.303 e. The van der Waals surface area contributed by atoms with Crippen LogP contribution in [-0.4, -0.2) is 104 Å². The summed E-state index contributed by atoms with van der Waals surface area (Å²) in [6, 6.07) is 38.0. The third-order valence-electron chi connectivity index (χ3n) is 18.0. The third-order valence-corrected chi connectivity index (χ3v) is 18.0. The van der Waals surface area contributed by atoms with Crippen molar-refractivity contribution in [3.8, 4) is 0 Å². The van der Waals surface area contributed by atoms with E-state index in [0.717, 1.165) is 93.9 Å². The maximum absolute atomic E-state index is 15.7. The second kappa shape index (κ2) is 53.3. The normalized spacial score (nSPS) is 17.7. The fourth-order valence-corrected chi connectivity index (χ4v) is 12.5. The molecule has 0 aromatic heterocycles. The van der Waals surface area contributed by atoms with Crippen molar-refractivity contribution in [2.45, 2.75) is 315 Å². The fraction of sp³-hybridized carbons (Fsp3) is 0.607. The summed E-state index contributed by atoms with van der Waals surface area (Å²) in [5, 5.41) is 3.38. The molecule has 16 nitrogen and oxygen atoms in total. The summed E-state index contributed by atoms with van der Waals surface area (Å²) in [7, 11) is 0. The number of nitrogens with one attached hydrogen (secondary N) is 1. The predicted molar refractivity (Wildman–Crippen MR) is 393 cm³/mol. The molecular formula is C84H123NO15. The van der Waals surface area contributed by atoms with Gasteiger partial charge in [-0.1, -0.05) is 301 Å². The van der Waals surface area contributed by atoms with Gasteiger partial charge in [0.15, 0.2) is 24.6 Å². The summed E-state index contributed by atoms with van der Waals surface area (Å²) >= 11 is 0. The summed E-state index contributed by atoms with van der Waals surface area (Å²) in [6.45, 7) is 8.87. The summed E-state index contributed by atoms with van der Waals surface area (Å²) in [5.74, 6) is -3.46. The molecule has 1 aliphatic rings. The van der Waals surface area contributed by atoms with Crippen molar-refractivity contribution in [2.24, 2.45) is 0 Å². The highest BCUT2D eigenvalue weighted by Crippen LogP contribution is 2.32. The Kier molecular flexibility index (Phi) is 44.8. The Balaban J connectivity index is 1.52. The van der Waals surface area contributed by atoms with Gasteiger partial charge < -0.3 is 52.7 Å². The number of carbonyl (C=O) groups excluding carboxylic acids is 5. The van der Waals surface area contributed by atoms with Crippen molar-refractivity contribution in [3.05, 3.63) is 168 Å². The molecule has 1 amide bonds. The summed E-state index contributed by atoms with van der Waals surface area (Å²) < 4.78 is 64.7. The monoisotopic (exact) mass is 1390 g/mol. The molecule has 4 aromatic rings. The number of amides is 1. The Hall–Kier alpha value is -6.53. The van der Waals surface area contributed by atoms with Gasteiger partial charge in [0.2, 0.25) is 5.91 Å². The molecule has 0 radical (unpaired) electrons. The molecule has 1 heterocycles. The number of unbranched alkanes of at least 4 members (excludes halogenated alkanes) is 25. The Bertz CT molecular complexity index is 2820. The Morgan fingerprint density at radius 3 is 1.24 bits per heavy atom. The number of carbonyl (C=O) groups is 5. The van der Waals surface area contributed by atoms with E-state index < -0.39 is 104 Å². The zero-order valence-electron chi connectivity index (χ0n) is 61.5. The molecule has 1 saturated heterocycles. The molecule has 0 saturated carbocycles. The van der Waals surface area contributed by atoms with Gasteiger partial charge in [-0.15, -0.1) is 0 Å². The maximum atomic E-state index is 15.7. The van der Waals surface area contributed by atoms with E-state index in [4.69, 9.17) is 47.4 Å². The molecule has 5 rings (SSSR count). The van der Waals surface area contributed by atoms with E-state index in [0.29, 0.717) is 6.42 Å². The first-order valence-electron chi connectivity index (χ1n) is 38.0. The van der Waals surface area contributed by atoms with Crippen LogP contribution in [-0.2, 0) is 97.8 Å². The fourth-order valence-electron chi connectivity index (χ4n) is 12.5. The first-order valence-corrected chi connectivity index (χ1v) is 38.0. The van der Waals surface area contributed by atoms with Crippen molar-refractivity contribution in [1.29, 1.82) is 0 Å². The lowest BCUT2D eigenvalue weighted by atomic mass is 9.97. The molecule has 0 bridgehead atoms. The quantitative estimate of drug-likeness (QED) is 0.0190. The number of ether oxygens (including phenoxy) is 10. The highest BCUT2D eigenvalue weighted by atomic mass is 16.7. The van der Waals surface area contributed by atoms with Crippen LogP contribution >= 0.6 is 0 Å². The molecule has 554 valence electrons. The van der Waals surface area contributed by atoms with E-state index in [1.54, 1.807) is 0 Å². The topological polar surface area (TPSA) is 190 Å². The third kappa shape index (κ3) is 36.9. The van der Waals surface area contributed by atoms with E-state index in [9.17, 15) is 19.2 Å². The predicted octanol–water partition coefficient (Wildman–Crippen LogP) is 18.4. The van der Waals surface area contributed by atoms with E-state index in [1.807, 2.05) is 127 Å². The minimum atomic E-state index is -1.60. The number of rotatable bonds is 56. The van der Waals surface area contributed by atoms with Gasteiger partial charge in [-0.05, 0) is 67.2 Å². The van der Waals surface area contributed by atoms with E-state index in [2.05, 4.69) is 37.4 Å². The van der Waals surface area contributed by atoms with E-state index >= 15 is 4.79 Å². The molecular weight excluding hydrogens is 1260 g/mol. The number of hydrogen-bond acceptors (Lipinski definition) is 15. The zero-order valence-corrected chi connectivity index (χ0v) is 61.5. The van der Waals surface area contributed by atoms with E-state index in [1.165, 1.54) is 136 Å². The number of hydrogen-bond donors (Lipinski definition) is 1. The number of benzene rings is 4. The van der Waals surface area contributed by atoms with Gasteiger partial charge in [0.25, 0.3) is 0 Å². The summed E-state index contributed by atoms with van der Waals surface area (Å²) in [5.41, 5.74) is 3.55. The average molecular weight is 1390 g/mol. The van der Waals surface area contributed by atoms with Gasteiger partial charge >= 0.3 is 23.9 Å². The molecule has 4 aromatic carbocycles. The van der Waals surface area contributed by atoms with Crippen LogP contribution in [0, 0.1) is 0 Å². The Morgan fingerprint density at radius 1 is 0.420 bits per heavy atom. The SMILES string of the molecule is CCCCCCCC/C=C\CCCCCCCCCCCC[C@@H](OCc1ccccc1)C(=O)N[C@@H](CO[C@@H]1O[C@H](COC(C)=O)[C@@H](OC(C)=O)[C@H](OC(C)=O)[C@H]1OC(C)=O)[C@H](OCc1ccccc1)[C@H](OCc1ccccc1)[C@@H](/C=C\CCCCCCCCCCC)OCc1ccccc1. The van der Waals surface area contributed by atoms with Gasteiger partial charge in [-0.25, -0.2) is 0 Å². The minimum Gasteiger partial charge on any atom is -0.463 e. The van der Waals surface area contributed by atoms with Crippen LogP contribution < -0.4 is 5.32 Å². The highest BCUT2D eigenvalue weighted by Gasteiger charge is 2.53. The summed E-state index contributed by atoms with van der Waals surface area (Å²) in [6.07, 6.45) is 31.1. The second-order valence-corrected chi connectivity index (χ2v) is 26.8. The lowest BCUT2D eigenvalue weighted by Crippen LogP contribution is -2.64. The molecule has 1 N–H and O–H groups in total. The molecule has 16 heteroatoms. The van der Waals surface area contributed by atoms with Crippen molar-refractivity contribution < 1.29 is 71.3 Å². The van der Waals surface area contributed by atoms with Crippen molar-refractivity contribution in [3.63, 3.8) is 0 Å².